The Hall–Kier alpha value is -2.30. The van der Waals surface area contributed by atoms with E-state index in [1.165, 1.54) is 12.1 Å². The molecule has 2 rings (SSSR count). The lowest BCUT2D eigenvalue weighted by atomic mass is 10.2. The van der Waals surface area contributed by atoms with Gasteiger partial charge in [-0.3, -0.25) is 4.79 Å². The molecule has 17 heavy (non-hydrogen) atoms. The average Bonchev–Trinajstić information content (AvgIpc) is 2.59. The highest BCUT2D eigenvalue weighted by atomic mass is 16.4. The molecule has 1 heterocycles. The van der Waals surface area contributed by atoms with Crippen LogP contribution in [0.25, 0.3) is 11.5 Å². The molecular formula is C12H11NO4. The Morgan fingerprint density at radius 2 is 2.24 bits per heavy atom. The second kappa shape index (κ2) is 4.29. The summed E-state index contributed by atoms with van der Waals surface area (Å²) in [4.78, 5) is 14.7. The molecular weight excluding hydrogens is 222 g/mol. The van der Waals surface area contributed by atoms with E-state index in [0.717, 1.165) is 0 Å². The number of oxazole rings is 1. The number of benzene rings is 1. The predicted molar refractivity (Wildman–Crippen MR) is 59.7 cm³/mol. The number of phenols is 1. The quantitative estimate of drug-likeness (QED) is 0.846. The summed E-state index contributed by atoms with van der Waals surface area (Å²) >= 11 is 0. The molecule has 0 radical (unpaired) electrons. The Morgan fingerprint density at radius 3 is 2.88 bits per heavy atom. The average molecular weight is 233 g/mol. The normalized spacial score (nSPS) is 10.4. The predicted octanol–water partition coefficient (Wildman–Crippen LogP) is 1.98. The molecule has 2 N–H and O–H groups in total. The molecule has 88 valence electrons. The molecule has 0 unspecified atom stereocenters. The second-order valence-corrected chi connectivity index (χ2v) is 3.65. The molecule has 0 aliphatic carbocycles. The van der Waals surface area contributed by atoms with Gasteiger partial charge in [-0.1, -0.05) is 6.07 Å². The maximum absolute atomic E-state index is 10.6. The maximum Gasteiger partial charge on any atom is 0.311 e. The minimum Gasteiger partial charge on any atom is -0.508 e. The van der Waals surface area contributed by atoms with Gasteiger partial charge in [-0.2, -0.15) is 0 Å². The number of carboxylic acids is 1. The molecule has 0 bridgehead atoms. The zero-order chi connectivity index (χ0) is 12.4. The van der Waals surface area contributed by atoms with E-state index in [9.17, 15) is 9.90 Å². The summed E-state index contributed by atoms with van der Waals surface area (Å²) in [6, 6.07) is 6.45. The van der Waals surface area contributed by atoms with Crippen molar-refractivity contribution in [2.45, 2.75) is 13.3 Å². The zero-order valence-corrected chi connectivity index (χ0v) is 9.17. The number of carbonyl (C=O) groups is 1. The van der Waals surface area contributed by atoms with Crippen LogP contribution in [0.4, 0.5) is 0 Å². The van der Waals surface area contributed by atoms with Crippen LogP contribution in [0.5, 0.6) is 5.75 Å². The van der Waals surface area contributed by atoms with Crippen LogP contribution in [0.15, 0.2) is 28.7 Å². The lowest BCUT2D eigenvalue weighted by Crippen LogP contribution is -1.99. The SMILES string of the molecule is Cc1nc(-c2cccc(O)c2)oc1CC(=O)O. The van der Waals surface area contributed by atoms with Crippen LogP contribution in [0.2, 0.25) is 0 Å². The second-order valence-electron chi connectivity index (χ2n) is 3.65. The lowest BCUT2D eigenvalue weighted by molar-refractivity contribution is -0.136. The fourth-order valence-corrected chi connectivity index (χ4v) is 1.49. The maximum atomic E-state index is 10.6. The number of hydrogen-bond donors (Lipinski definition) is 2. The topological polar surface area (TPSA) is 83.6 Å². The summed E-state index contributed by atoms with van der Waals surface area (Å²) in [5.41, 5.74) is 1.16. The molecule has 0 aliphatic heterocycles. The van der Waals surface area contributed by atoms with E-state index in [1.54, 1.807) is 19.1 Å². The Labute approximate surface area is 97.3 Å². The van der Waals surface area contributed by atoms with Crippen LogP contribution in [0.3, 0.4) is 0 Å². The highest BCUT2D eigenvalue weighted by Crippen LogP contribution is 2.24. The number of phenolic OH excluding ortho intramolecular Hbond substituents is 1. The highest BCUT2D eigenvalue weighted by Gasteiger charge is 2.14. The molecule has 5 nitrogen and oxygen atoms in total. The largest absolute Gasteiger partial charge is 0.508 e. The number of aromatic nitrogens is 1. The van der Waals surface area contributed by atoms with Gasteiger partial charge < -0.3 is 14.6 Å². The van der Waals surface area contributed by atoms with Crippen molar-refractivity contribution < 1.29 is 19.4 Å². The van der Waals surface area contributed by atoms with Crippen molar-refractivity contribution in [2.75, 3.05) is 0 Å². The molecule has 0 aliphatic rings. The fraction of sp³-hybridized carbons (Fsp3) is 0.167. The Morgan fingerprint density at radius 1 is 1.47 bits per heavy atom. The third-order valence-electron chi connectivity index (χ3n) is 2.30. The third kappa shape index (κ3) is 2.44. The number of aryl methyl sites for hydroxylation is 1. The molecule has 2 aromatic rings. The summed E-state index contributed by atoms with van der Waals surface area (Å²) in [6.07, 6.45) is -0.197. The van der Waals surface area contributed by atoms with Crippen molar-refractivity contribution in [1.82, 2.24) is 4.98 Å². The summed E-state index contributed by atoms with van der Waals surface area (Å²) in [5.74, 6) is -0.213. The van der Waals surface area contributed by atoms with Crippen molar-refractivity contribution in [3.05, 3.63) is 35.7 Å². The minimum absolute atomic E-state index is 0.109. The van der Waals surface area contributed by atoms with Gasteiger partial charge in [0.1, 0.15) is 17.9 Å². The van der Waals surface area contributed by atoms with Crippen molar-refractivity contribution in [2.24, 2.45) is 0 Å². The number of aromatic hydroxyl groups is 1. The van der Waals surface area contributed by atoms with Gasteiger partial charge in [0.15, 0.2) is 0 Å². The minimum atomic E-state index is -0.966. The molecule has 1 aromatic carbocycles. The molecule has 0 spiro atoms. The molecule has 0 fully saturated rings. The highest BCUT2D eigenvalue weighted by molar-refractivity contribution is 5.70. The van der Waals surface area contributed by atoms with E-state index in [-0.39, 0.29) is 12.2 Å². The molecule has 0 saturated heterocycles. The van der Waals surface area contributed by atoms with E-state index < -0.39 is 5.97 Å². The first-order chi connectivity index (χ1) is 8.06. The van der Waals surface area contributed by atoms with Gasteiger partial charge in [0.25, 0.3) is 0 Å². The molecule has 0 saturated carbocycles. The summed E-state index contributed by atoms with van der Waals surface area (Å²) in [5, 5.41) is 18.0. The summed E-state index contributed by atoms with van der Waals surface area (Å²) < 4.78 is 5.36. The zero-order valence-electron chi connectivity index (χ0n) is 9.17. The van der Waals surface area contributed by atoms with Crippen LogP contribution < -0.4 is 0 Å². The smallest absolute Gasteiger partial charge is 0.311 e. The fourth-order valence-electron chi connectivity index (χ4n) is 1.49. The molecule has 0 amide bonds. The lowest BCUT2D eigenvalue weighted by Gasteiger charge is -1.96. The van der Waals surface area contributed by atoms with E-state index in [1.807, 2.05) is 0 Å². The van der Waals surface area contributed by atoms with Gasteiger partial charge in [-0.05, 0) is 25.1 Å². The number of hydrogen-bond acceptors (Lipinski definition) is 4. The van der Waals surface area contributed by atoms with Crippen molar-refractivity contribution in [3.63, 3.8) is 0 Å². The molecule has 5 heteroatoms. The monoisotopic (exact) mass is 233 g/mol. The van der Waals surface area contributed by atoms with E-state index in [4.69, 9.17) is 9.52 Å². The Bertz CT molecular complexity index is 559. The van der Waals surface area contributed by atoms with Crippen molar-refractivity contribution in [3.8, 4) is 17.2 Å². The first-order valence-electron chi connectivity index (χ1n) is 5.04. The van der Waals surface area contributed by atoms with Crippen LogP contribution >= 0.6 is 0 Å². The Balaban J connectivity index is 2.37. The van der Waals surface area contributed by atoms with Gasteiger partial charge in [-0.15, -0.1) is 0 Å². The summed E-state index contributed by atoms with van der Waals surface area (Å²) in [6.45, 7) is 1.69. The van der Waals surface area contributed by atoms with Gasteiger partial charge in [-0.25, -0.2) is 4.98 Å². The standard InChI is InChI=1S/C12H11NO4/c1-7-10(6-11(15)16)17-12(13-7)8-3-2-4-9(14)5-8/h2-5,14H,6H2,1H3,(H,15,16). The number of aliphatic carboxylic acids is 1. The van der Waals surface area contributed by atoms with Gasteiger partial charge in [0, 0.05) is 5.56 Å². The molecule has 1 aromatic heterocycles. The van der Waals surface area contributed by atoms with Crippen LogP contribution in [-0.4, -0.2) is 21.2 Å². The first-order valence-corrected chi connectivity index (χ1v) is 5.04. The van der Waals surface area contributed by atoms with Crippen molar-refractivity contribution in [1.29, 1.82) is 0 Å². The van der Waals surface area contributed by atoms with E-state index in [0.29, 0.717) is 22.9 Å². The van der Waals surface area contributed by atoms with Crippen LogP contribution in [0.1, 0.15) is 11.5 Å². The van der Waals surface area contributed by atoms with Crippen LogP contribution in [-0.2, 0) is 11.2 Å². The van der Waals surface area contributed by atoms with E-state index in [2.05, 4.69) is 4.98 Å². The van der Waals surface area contributed by atoms with Gasteiger partial charge >= 0.3 is 5.97 Å². The van der Waals surface area contributed by atoms with Gasteiger partial charge in [0.05, 0.1) is 5.69 Å². The van der Waals surface area contributed by atoms with Crippen LogP contribution in [0, 0.1) is 6.92 Å². The van der Waals surface area contributed by atoms with Gasteiger partial charge in [0.2, 0.25) is 5.89 Å². The number of nitrogens with zero attached hydrogens (tertiary/aromatic N) is 1. The number of rotatable bonds is 3. The first kappa shape index (κ1) is 11.2. The third-order valence-corrected chi connectivity index (χ3v) is 2.30. The molecule has 0 atom stereocenters. The summed E-state index contributed by atoms with van der Waals surface area (Å²) in [7, 11) is 0. The Kier molecular flexibility index (Phi) is 2.82. The number of carboxylic acid groups (broad SMARTS) is 1. The van der Waals surface area contributed by atoms with Crippen molar-refractivity contribution >= 4 is 5.97 Å². The van der Waals surface area contributed by atoms with E-state index >= 15 is 0 Å².